The molecule has 0 aromatic rings. The average Bonchev–Trinajstić information content (AvgIpc) is 1.54. The standard InChI is InChI=1S/2CH3NO2.BH3O3.Li.H/c3*2-1(3)4;;/h2*2H2,(H,3,4);2-4H;;. The van der Waals surface area contributed by atoms with Crippen molar-refractivity contribution in [1.29, 1.82) is 0 Å². The van der Waals surface area contributed by atoms with Crippen LogP contribution in [0.2, 0.25) is 0 Å². The molecule has 0 heterocycles. The molecule has 9 nitrogen and oxygen atoms in total. The number of carbonyl (C=O) groups is 2. The zero-order chi connectivity index (χ0) is 10.7. The number of hydrogen-bond donors (Lipinski definition) is 7. The van der Waals surface area contributed by atoms with E-state index in [1.807, 2.05) is 0 Å². The summed E-state index contributed by atoms with van der Waals surface area (Å²) in [6.07, 6.45) is -2.67. The van der Waals surface area contributed by atoms with Gasteiger partial charge in [-0.2, -0.15) is 0 Å². The van der Waals surface area contributed by atoms with E-state index in [0.29, 0.717) is 0 Å². The van der Waals surface area contributed by atoms with Gasteiger partial charge in [-0.15, -0.1) is 0 Å². The van der Waals surface area contributed by atoms with Gasteiger partial charge < -0.3 is 36.8 Å². The molecule has 2 amide bonds. The van der Waals surface area contributed by atoms with Crippen LogP contribution in [0, 0.1) is 0 Å². The van der Waals surface area contributed by atoms with Crippen molar-refractivity contribution in [3.05, 3.63) is 0 Å². The molecule has 0 unspecified atom stereocenters. The zero-order valence-corrected chi connectivity index (χ0v) is 5.78. The molecule has 0 bridgehead atoms. The Morgan fingerprint density at radius 1 is 0.923 bits per heavy atom. The van der Waals surface area contributed by atoms with Gasteiger partial charge in [0, 0.05) is 0 Å². The second-order valence-electron chi connectivity index (χ2n) is 1.02. The van der Waals surface area contributed by atoms with Gasteiger partial charge >= 0.3 is 38.4 Å². The van der Waals surface area contributed by atoms with Crippen molar-refractivity contribution in [2.24, 2.45) is 11.5 Å². The van der Waals surface area contributed by atoms with Crippen molar-refractivity contribution < 1.29 is 34.9 Å². The third-order valence-electron chi connectivity index (χ3n) is 0. The Labute approximate surface area is 85.3 Å². The van der Waals surface area contributed by atoms with Crippen LogP contribution in [0.1, 0.15) is 0 Å². The molecular formula is C2H10BLiN2O7. The molecule has 0 spiro atoms. The molecule has 13 heavy (non-hydrogen) atoms. The normalized spacial score (nSPS) is 5.77. The Morgan fingerprint density at radius 3 is 0.923 bits per heavy atom. The van der Waals surface area contributed by atoms with Gasteiger partial charge in [-0.05, 0) is 0 Å². The van der Waals surface area contributed by atoms with Gasteiger partial charge in [-0.1, -0.05) is 0 Å². The fourth-order valence-corrected chi connectivity index (χ4v) is 0. The summed E-state index contributed by atoms with van der Waals surface area (Å²) in [6, 6.07) is 0. The summed E-state index contributed by atoms with van der Waals surface area (Å²) in [5, 5.41) is 35.9. The number of nitrogens with two attached hydrogens (primary N) is 2. The van der Waals surface area contributed by atoms with E-state index in [1.54, 1.807) is 0 Å². The number of rotatable bonds is 0. The van der Waals surface area contributed by atoms with Crippen LogP contribution in [0.5, 0.6) is 0 Å². The van der Waals surface area contributed by atoms with Crippen molar-refractivity contribution in [3.63, 3.8) is 0 Å². The second kappa shape index (κ2) is 17.2. The van der Waals surface area contributed by atoms with Crippen LogP contribution in [-0.4, -0.2) is 63.7 Å². The van der Waals surface area contributed by atoms with Crippen LogP contribution in [-0.2, 0) is 0 Å². The molecule has 0 aromatic carbocycles. The molecule has 0 saturated heterocycles. The molecule has 11 heteroatoms. The van der Waals surface area contributed by atoms with Crippen LogP contribution in [0.25, 0.3) is 0 Å². The minimum atomic E-state index is -2.17. The average molecular weight is 192 g/mol. The molecule has 0 aliphatic heterocycles. The zero-order valence-electron chi connectivity index (χ0n) is 5.78. The van der Waals surface area contributed by atoms with Crippen molar-refractivity contribution in [3.8, 4) is 0 Å². The quantitative estimate of drug-likeness (QED) is 0.194. The molecule has 9 N–H and O–H groups in total. The molecule has 0 fully saturated rings. The summed E-state index contributed by atoms with van der Waals surface area (Å²) in [6.45, 7) is 0. The van der Waals surface area contributed by atoms with Gasteiger partial charge in [0.25, 0.3) is 0 Å². The number of primary amides is 2. The maximum absolute atomic E-state index is 8.78. The fraction of sp³-hybridized carbons (Fsp3) is 0. The van der Waals surface area contributed by atoms with Gasteiger partial charge in [0.05, 0.1) is 0 Å². The summed E-state index contributed by atoms with van der Waals surface area (Å²) in [4.78, 5) is 17.6. The van der Waals surface area contributed by atoms with Gasteiger partial charge in [-0.3, -0.25) is 0 Å². The van der Waals surface area contributed by atoms with Gasteiger partial charge in [0.15, 0.2) is 0 Å². The topological polar surface area (TPSA) is 187 Å². The Morgan fingerprint density at radius 2 is 0.923 bits per heavy atom. The first-order valence-corrected chi connectivity index (χ1v) is 2.21. The Bertz CT molecular complexity index is 109. The predicted molar refractivity (Wildman–Crippen MR) is 44.0 cm³/mol. The van der Waals surface area contributed by atoms with Crippen molar-refractivity contribution in [2.45, 2.75) is 0 Å². The van der Waals surface area contributed by atoms with E-state index in [1.165, 1.54) is 0 Å². The SMILES string of the molecule is NC(=O)O.NC(=O)O.OB(O)O.[LiH]. The number of amides is 2. The molecular weight excluding hydrogens is 182 g/mol. The molecule has 0 aliphatic carbocycles. The van der Waals surface area contributed by atoms with Crippen molar-refractivity contribution in [2.75, 3.05) is 0 Å². The summed E-state index contributed by atoms with van der Waals surface area (Å²) >= 11 is 0. The van der Waals surface area contributed by atoms with E-state index < -0.39 is 19.5 Å². The van der Waals surface area contributed by atoms with Crippen molar-refractivity contribution >= 4 is 38.4 Å². The third-order valence-corrected chi connectivity index (χ3v) is 0. The first-order valence-electron chi connectivity index (χ1n) is 2.21. The van der Waals surface area contributed by atoms with Gasteiger partial charge in [0.1, 0.15) is 0 Å². The van der Waals surface area contributed by atoms with E-state index in [4.69, 9.17) is 34.9 Å². The van der Waals surface area contributed by atoms with E-state index in [-0.39, 0.29) is 18.9 Å². The molecule has 0 aliphatic rings. The molecule has 74 valence electrons. The molecule has 0 saturated carbocycles. The first kappa shape index (κ1) is 22.7. The van der Waals surface area contributed by atoms with E-state index in [2.05, 4.69) is 11.5 Å². The number of hydrogen-bond acceptors (Lipinski definition) is 5. The van der Waals surface area contributed by atoms with E-state index >= 15 is 0 Å². The maximum atomic E-state index is 8.78. The molecule has 0 radical (unpaired) electrons. The Balaban J connectivity index is -0.0000000450. The first-order chi connectivity index (χ1) is 5.20. The van der Waals surface area contributed by atoms with Crippen LogP contribution in [0.3, 0.4) is 0 Å². The summed E-state index contributed by atoms with van der Waals surface area (Å²) < 4.78 is 0. The van der Waals surface area contributed by atoms with Gasteiger partial charge in [-0.25, -0.2) is 9.59 Å². The van der Waals surface area contributed by atoms with E-state index in [0.717, 1.165) is 0 Å². The van der Waals surface area contributed by atoms with Crippen molar-refractivity contribution in [1.82, 2.24) is 0 Å². The van der Waals surface area contributed by atoms with Gasteiger partial charge in [0.2, 0.25) is 0 Å². The molecule has 0 aromatic heterocycles. The van der Waals surface area contributed by atoms with Crippen LogP contribution in [0.4, 0.5) is 9.59 Å². The molecule has 0 atom stereocenters. The van der Waals surface area contributed by atoms with Crippen LogP contribution < -0.4 is 11.5 Å². The summed E-state index contributed by atoms with van der Waals surface area (Å²) in [5.41, 5.74) is 8.06. The summed E-state index contributed by atoms with van der Waals surface area (Å²) in [7, 11) is -2.17. The van der Waals surface area contributed by atoms with E-state index in [9.17, 15) is 0 Å². The summed E-state index contributed by atoms with van der Waals surface area (Å²) in [5.74, 6) is 0. The van der Waals surface area contributed by atoms with Crippen LogP contribution >= 0.6 is 0 Å². The Kier molecular flexibility index (Phi) is 30.1. The third kappa shape index (κ3) is 1090. The fourth-order valence-electron chi connectivity index (χ4n) is 0. The monoisotopic (exact) mass is 192 g/mol. The second-order valence-corrected chi connectivity index (χ2v) is 1.02. The number of carboxylic acid groups (broad SMARTS) is 2. The Hall–Kier alpha value is -0.918. The minimum absolute atomic E-state index is 0. The van der Waals surface area contributed by atoms with Crippen LogP contribution in [0.15, 0.2) is 0 Å². The predicted octanol–water partition coefficient (Wildman–Crippen LogP) is -3.45. The molecule has 0 rings (SSSR count).